The molecule has 8 heteroatoms. The smallest absolute Gasteiger partial charge is 0.323 e. The second-order valence-electron chi connectivity index (χ2n) is 8.37. The number of amides is 2. The van der Waals surface area contributed by atoms with Gasteiger partial charge in [0.2, 0.25) is 0 Å². The van der Waals surface area contributed by atoms with Crippen LogP contribution in [0, 0.1) is 0 Å². The van der Waals surface area contributed by atoms with Crippen molar-refractivity contribution in [1.29, 1.82) is 0 Å². The van der Waals surface area contributed by atoms with Crippen molar-refractivity contribution in [1.82, 2.24) is 14.9 Å². The number of carbonyl (C=O) groups excluding carboxylic acids is 1. The number of anilines is 3. The van der Waals surface area contributed by atoms with Gasteiger partial charge in [0.25, 0.3) is 0 Å². The average molecular weight is 471 g/mol. The molecule has 0 aliphatic heterocycles. The number of ether oxygens (including phenoxy) is 1. The molecule has 35 heavy (non-hydrogen) atoms. The normalized spacial score (nSPS) is 10.8. The standard InChI is InChI=1S/C27H30N6O2/c1-33(2)16-17-35-23-12-13-24-25(18-23)29-19-30-26(24)28-15-14-20-8-10-22(11-9-20)32-27(34)31-21-6-4-3-5-7-21/h3-13,18-19H,14-17H2,1-2H3,(H,28,29,30)(H2,31,32,34). The van der Waals surface area contributed by atoms with Gasteiger partial charge < -0.3 is 25.6 Å². The number of fused-ring (bicyclic) bond motifs is 1. The van der Waals surface area contributed by atoms with Gasteiger partial charge in [-0.25, -0.2) is 14.8 Å². The second-order valence-corrected chi connectivity index (χ2v) is 8.37. The molecular formula is C27H30N6O2. The lowest BCUT2D eigenvalue weighted by Gasteiger charge is -2.12. The number of nitrogens with zero attached hydrogens (tertiary/aromatic N) is 3. The minimum Gasteiger partial charge on any atom is -0.492 e. The van der Waals surface area contributed by atoms with Crippen molar-refractivity contribution >= 4 is 34.1 Å². The van der Waals surface area contributed by atoms with E-state index in [2.05, 4.69) is 30.8 Å². The molecule has 0 atom stereocenters. The number of benzene rings is 3. The molecule has 0 fully saturated rings. The van der Waals surface area contributed by atoms with E-state index in [0.29, 0.717) is 13.2 Å². The molecule has 0 aliphatic rings. The maximum absolute atomic E-state index is 12.1. The number of hydrogen-bond donors (Lipinski definition) is 3. The van der Waals surface area contributed by atoms with E-state index in [1.54, 1.807) is 6.33 Å². The van der Waals surface area contributed by atoms with Crippen molar-refractivity contribution in [3.63, 3.8) is 0 Å². The van der Waals surface area contributed by atoms with Crippen LogP contribution in [0.3, 0.4) is 0 Å². The first-order chi connectivity index (χ1) is 17.1. The van der Waals surface area contributed by atoms with Gasteiger partial charge in [-0.2, -0.15) is 0 Å². The van der Waals surface area contributed by atoms with Gasteiger partial charge in [-0.3, -0.25) is 0 Å². The minimum absolute atomic E-state index is 0.271. The molecule has 0 unspecified atom stereocenters. The number of aromatic nitrogens is 2. The molecular weight excluding hydrogens is 440 g/mol. The van der Waals surface area contributed by atoms with E-state index in [-0.39, 0.29) is 6.03 Å². The van der Waals surface area contributed by atoms with Crippen molar-refractivity contribution in [3.8, 4) is 5.75 Å². The van der Waals surface area contributed by atoms with Gasteiger partial charge in [-0.1, -0.05) is 30.3 Å². The van der Waals surface area contributed by atoms with E-state index in [9.17, 15) is 4.79 Å². The number of para-hydroxylation sites is 1. The Kier molecular flexibility index (Phi) is 8.08. The Bertz CT molecular complexity index is 1250. The first kappa shape index (κ1) is 24.0. The summed E-state index contributed by atoms with van der Waals surface area (Å²) in [6.45, 7) is 2.20. The number of rotatable bonds is 10. The molecule has 0 aliphatic carbocycles. The number of nitrogens with one attached hydrogen (secondary N) is 3. The number of hydrogen-bond acceptors (Lipinski definition) is 6. The zero-order chi connectivity index (χ0) is 24.5. The van der Waals surface area contributed by atoms with Gasteiger partial charge in [0.05, 0.1) is 5.52 Å². The molecule has 1 heterocycles. The topological polar surface area (TPSA) is 91.4 Å². The van der Waals surface area contributed by atoms with Crippen molar-refractivity contribution in [2.45, 2.75) is 6.42 Å². The van der Waals surface area contributed by atoms with Crippen molar-refractivity contribution in [2.75, 3.05) is 49.7 Å². The Hall–Kier alpha value is -4.17. The highest BCUT2D eigenvalue weighted by Crippen LogP contribution is 2.24. The second kappa shape index (κ2) is 11.8. The molecule has 2 amide bonds. The van der Waals surface area contributed by atoms with Crippen molar-refractivity contribution in [2.24, 2.45) is 0 Å². The van der Waals surface area contributed by atoms with Crippen LogP contribution in [0.25, 0.3) is 10.9 Å². The van der Waals surface area contributed by atoms with Crippen LogP contribution in [-0.4, -0.2) is 54.7 Å². The van der Waals surface area contributed by atoms with Crippen molar-refractivity contribution < 1.29 is 9.53 Å². The minimum atomic E-state index is -0.271. The van der Waals surface area contributed by atoms with Crippen LogP contribution in [0.5, 0.6) is 5.75 Å². The van der Waals surface area contributed by atoms with E-state index in [1.165, 1.54) is 0 Å². The summed E-state index contributed by atoms with van der Waals surface area (Å²) in [7, 11) is 4.04. The molecule has 1 aromatic heterocycles. The van der Waals surface area contributed by atoms with Crippen LogP contribution in [0.15, 0.2) is 79.1 Å². The predicted octanol–water partition coefficient (Wildman–Crippen LogP) is 4.87. The third-order valence-corrected chi connectivity index (χ3v) is 5.36. The fourth-order valence-electron chi connectivity index (χ4n) is 3.51. The molecule has 0 radical (unpaired) electrons. The third-order valence-electron chi connectivity index (χ3n) is 5.36. The van der Waals surface area contributed by atoms with E-state index in [4.69, 9.17) is 4.74 Å². The van der Waals surface area contributed by atoms with E-state index >= 15 is 0 Å². The molecule has 0 saturated heterocycles. The lowest BCUT2D eigenvalue weighted by molar-refractivity contribution is 0.261. The summed E-state index contributed by atoms with van der Waals surface area (Å²) in [6.07, 6.45) is 2.38. The van der Waals surface area contributed by atoms with Gasteiger partial charge in [0.1, 0.15) is 24.5 Å². The lowest BCUT2D eigenvalue weighted by Crippen LogP contribution is -2.19. The van der Waals surface area contributed by atoms with E-state index in [1.807, 2.05) is 86.9 Å². The summed E-state index contributed by atoms with van der Waals surface area (Å²) in [4.78, 5) is 23.0. The Morgan fingerprint density at radius 3 is 2.40 bits per heavy atom. The fraction of sp³-hybridized carbons (Fsp3) is 0.222. The van der Waals surface area contributed by atoms with Gasteiger partial charge >= 0.3 is 6.03 Å². The number of carbonyl (C=O) groups is 1. The molecule has 0 bridgehead atoms. The monoisotopic (exact) mass is 470 g/mol. The molecule has 3 aromatic carbocycles. The SMILES string of the molecule is CN(C)CCOc1ccc2c(NCCc3ccc(NC(=O)Nc4ccccc4)cc3)ncnc2c1. The van der Waals surface area contributed by atoms with Gasteiger partial charge in [-0.05, 0) is 62.5 Å². The quantitative estimate of drug-likeness (QED) is 0.306. The number of likely N-dealkylation sites (N-methyl/N-ethyl adjacent to an activating group) is 1. The van der Waals surface area contributed by atoms with Crippen molar-refractivity contribution in [3.05, 3.63) is 84.7 Å². The fourth-order valence-corrected chi connectivity index (χ4v) is 3.51. The van der Waals surface area contributed by atoms with Crippen LogP contribution in [-0.2, 0) is 6.42 Å². The summed E-state index contributed by atoms with van der Waals surface area (Å²) < 4.78 is 5.81. The Morgan fingerprint density at radius 2 is 1.66 bits per heavy atom. The first-order valence-electron chi connectivity index (χ1n) is 11.5. The third kappa shape index (κ3) is 7.15. The van der Waals surface area contributed by atoms with E-state index in [0.717, 1.165) is 52.4 Å². The zero-order valence-corrected chi connectivity index (χ0v) is 20.0. The number of urea groups is 1. The first-order valence-corrected chi connectivity index (χ1v) is 11.5. The summed E-state index contributed by atoms with van der Waals surface area (Å²) in [5.41, 5.74) is 3.48. The molecule has 8 nitrogen and oxygen atoms in total. The Labute approximate surface area is 205 Å². The van der Waals surface area contributed by atoms with E-state index < -0.39 is 0 Å². The van der Waals surface area contributed by atoms with Crippen LogP contribution in [0.1, 0.15) is 5.56 Å². The van der Waals surface area contributed by atoms with Gasteiger partial charge in [0.15, 0.2) is 0 Å². The lowest BCUT2D eigenvalue weighted by atomic mass is 10.1. The molecule has 0 saturated carbocycles. The molecule has 0 spiro atoms. The maximum atomic E-state index is 12.1. The highest BCUT2D eigenvalue weighted by molar-refractivity contribution is 5.99. The Balaban J connectivity index is 1.28. The van der Waals surface area contributed by atoms with Gasteiger partial charge in [0, 0.05) is 35.9 Å². The van der Waals surface area contributed by atoms with Crippen LogP contribution in [0.2, 0.25) is 0 Å². The van der Waals surface area contributed by atoms with Gasteiger partial charge in [-0.15, -0.1) is 0 Å². The van der Waals surface area contributed by atoms with Crippen LogP contribution >= 0.6 is 0 Å². The molecule has 4 rings (SSSR count). The zero-order valence-electron chi connectivity index (χ0n) is 20.0. The summed E-state index contributed by atoms with van der Waals surface area (Å²) >= 11 is 0. The molecule has 4 aromatic rings. The summed E-state index contributed by atoms with van der Waals surface area (Å²) in [5.74, 6) is 1.60. The predicted molar refractivity (Wildman–Crippen MR) is 141 cm³/mol. The van der Waals surface area contributed by atoms with Crippen LogP contribution < -0.4 is 20.7 Å². The maximum Gasteiger partial charge on any atom is 0.323 e. The van der Waals surface area contributed by atoms with Crippen LogP contribution in [0.4, 0.5) is 22.0 Å². The summed E-state index contributed by atoms with van der Waals surface area (Å²) in [5, 5.41) is 10.0. The largest absolute Gasteiger partial charge is 0.492 e. The average Bonchev–Trinajstić information content (AvgIpc) is 2.85. The highest BCUT2D eigenvalue weighted by Gasteiger charge is 2.06. The summed E-state index contributed by atoms with van der Waals surface area (Å²) in [6, 6.07) is 22.8. The highest BCUT2D eigenvalue weighted by atomic mass is 16.5. The Morgan fingerprint density at radius 1 is 0.914 bits per heavy atom. The molecule has 3 N–H and O–H groups in total. The molecule has 180 valence electrons.